The summed E-state index contributed by atoms with van der Waals surface area (Å²) in [5, 5.41) is 13.7. The molecule has 2 rings (SSSR count). The molecule has 2 aromatic rings. The van der Waals surface area contributed by atoms with Gasteiger partial charge >= 0.3 is 0 Å². The van der Waals surface area contributed by atoms with Crippen LogP contribution in [0.5, 0.6) is 0 Å². The van der Waals surface area contributed by atoms with Gasteiger partial charge in [0.1, 0.15) is 17.8 Å². The summed E-state index contributed by atoms with van der Waals surface area (Å²) >= 11 is 0. The molecule has 0 saturated carbocycles. The number of rotatable bonds is 7. The molecule has 7 nitrogen and oxygen atoms in total. The van der Waals surface area contributed by atoms with Gasteiger partial charge in [-0.1, -0.05) is 6.92 Å². The number of H-pyrrole nitrogens is 1. The van der Waals surface area contributed by atoms with Gasteiger partial charge in [-0.05, 0) is 18.9 Å². The molecule has 0 aliphatic heterocycles. The first-order chi connectivity index (χ1) is 9.70. The molecule has 0 amide bonds. The van der Waals surface area contributed by atoms with Gasteiger partial charge in [0.15, 0.2) is 0 Å². The third-order valence-electron chi connectivity index (χ3n) is 3.16. The summed E-state index contributed by atoms with van der Waals surface area (Å²) in [6.45, 7) is 2.86. The van der Waals surface area contributed by atoms with Crippen molar-refractivity contribution in [1.29, 1.82) is 0 Å². The maximum Gasteiger partial charge on any atom is 0.287 e. The Morgan fingerprint density at radius 3 is 2.85 bits per heavy atom. The number of pyridine rings is 1. The zero-order valence-corrected chi connectivity index (χ0v) is 11.2. The molecule has 0 aliphatic carbocycles. The van der Waals surface area contributed by atoms with Crippen LogP contribution >= 0.6 is 0 Å². The number of anilines is 1. The van der Waals surface area contributed by atoms with Gasteiger partial charge in [-0.3, -0.25) is 10.1 Å². The normalized spacial score (nSPS) is 12.1. The summed E-state index contributed by atoms with van der Waals surface area (Å²) in [7, 11) is 0. The predicted octanol–water partition coefficient (Wildman–Crippen LogP) is 2.71. The number of nitrogens with one attached hydrogen (secondary N) is 2. The smallest absolute Gasteiger partial charge is 0.287 e. The van der Waals surface area contributed by atoms with Gasteiger partial charge in [0, 0.05) is 30.9 Å². The molecular formula is C13H17N5O2. The Kier molecular flexibility index (Phi) is 4.65. The van der Waals surface area contributed by atoms with Gasteiger partial charge in [-0.15, -0.1) is 0 Å². The molecule has 1 atom stereocenters. The Morgan fingerprint density at radius 2 is 2.30 bits per heavy atom. The molecule has 2 heterocycles. The summed E-state index contributed by atoms with van der Waals surface area (Å²) in [5.74, 6) is 2.01. The number of aromatic nitrogens is 3. The van der Waals surface area contributed by atoms with Crippen molar-refractivity contribution in [2.75, 3.05) is 11.9 Å². The van der Waals surface area contributed by atoms with E-state index in [0.717, 1.165) is 25.2 Å². The van der Waals surface area contributed by atoms with E-state index in [1.807, 2.05) is 6.20 Å². The van der Waals surface area contributed by atoms with E-state index in [4.69, 9.17) is 0 Å². The zero-order chi connectivity index (χ0) is 14.4. The fourth-order valence-electron chi connectivity index (χ4n) is 2.01. The molecule has 106 valence electrons. The van der Waals surface area contributed by atoms with E-state index in [1.54, 1.807) is 12.3 Å². The molecule has 0 bridgehead atoms. The highest BCUT2D eigenvalue weighted by molar-refractivity contribution is 5.39. The van der Waals surface area contributed by atoms with Gasteiger partial charge in [-0.25, -0.2) is 9.97 Å². The Labute approximate surface area is 116 Å². The highest BCUT2D eigenvalue weighted by Crippen LogP contribution is 2.19. The van der Waals surface area contributed by atoms with E-state index >= 15 is 0 Å². The first-order valence-corrected chi connectivity index (χ1v) is 6.54. The maximum atomic E-state index is 10.5. The van der Waals surface area contributed by atoms with Crippen LogP contribution < -0.4 is 5.32 Å². The molecule has 2 aromatic heterocycles. The van der Waals surface area contributed by atoms with Crippen LogP contribution in [0.15, 0.2) is 30.7 Å². The average molecular weight is 275 g/mol. The number of nitrogens with zero attached hydrogens (tertiary/aromatic N) is 3. The van der Waals surface area contributed by atoms with Gasteiger partial charge in [0.25, 0.3) is 5.69 Å². The molecule has 1 unspecified atom stereocenters. The fraction of sp³-hybridized carbons (Fsp3) is 0.385. The lowest BCUT2D eigenvalue weighted by Gasteiger charge is -2.12. The third-order valence-corrected chi connectivity index (χ3v) is 3.16. The Morgan fingerprint density at radius 1 is 1.45 bits per heavy atom. The summed E-state index contributed by atoms with van der Waals surface area (Å²) < 4.78 is 0. The third kappa shape index (κ3) is 3.53. The van der Waals surface area contributed by atoms with Crippen LogP contribution in [0.4, 0.5) is 11.5 Å². The van der Waals surface area contributed by atoms with Gasteiger partial charge in [0.05, 0.1) is 4.92 Å². The predicted molar refractivity (Wildman–Crippen MR) is 75.6 cm³/mol. The molecule has 0 aliphatic rings. The maximum absolute atomic E-state index is 10.5. The summed E-state index contributed by atoms with van der Waals surface area (Å²) in [6.07, 6.45) is 6.75. The summed E-state index contributed by atoms with van der Waals surface area (Å²) in [6, 6.07) is 3.06. The van der Waals surface area contributed by atoms with E-state index in [1.165, 1.54) is 12.3 Å². The lowest BCUT2D eigenvalue weighted by molar-refractivity contribution is -0.385. The standard InChI is InChI=1S/C13H17N5O2/c1-2-10(13-15-7-8-16-13)5-6-14-12-4-3-11(9-17-12)18(19)20/h3-4,7-10H,2,5-6H2,1H3,(H,14,17)(H,15,16). The molecule has 7 heteroatoms. The van der Waals surface area contributed by atoms with E-state index in [0.29, 0.717) is 11.7 Å². The highest BCUT2D eigenvalue weighted by atomic mass is 16.6. The van der Waals surface area contributed by atoms with E-state index in [9.17, 15) is 10.1 Å². The molecule has 0 spiro atoms. The number of nitro groups is 1. The van der Waals surface area contributed by atoms with Crippen molar-refractivity contribution in [3.05, 3.63) is 46.7 Å². The summed E-state index contributed by atoms with van der Waals surface area (Å²) in [5.41, 5.74) is -0.00225. The van der Waals surface area contributed by atoms with Gasteiger partial charge in [0.2, 0.25) is 0 Å². The SMILES string of the molecule is CCC(CCNc1ccc([N+](=O)[O-])cn1)c1ncc[nH]1. The Hall–Kier alpha value is -2.44. The lowest BCUT2D eigenvalue weighted by atomic mass is 10.0. The van der Waals surface area contributed by atoms with Crippen molar-refractivity contribution in [2.45, 2.75) is 25.7 Å². The Bertz CT molecular complexity index is 538. The van der Waals surface area contributed by atoms with Crippen LogP contribution in [0.1, 0.15) is 31.5 Å². The van der Waals surface area contributed by atoms with Crippen molar-refractivity contribution in [2.24, 2.45) is 0 Å². The average Bonchev–Trinajstić information content (AvgIpc) is 2.98. The molecule has 0 radical (unpaired) electrons. The van der Waals surface area contributed by atoms with E-state index in [2.05, 4.69) is 27.2 Å². The topological polar surface area (TPSA) is 96.7 Å². The van der Waals surface area contributed by atoms with Crippen LogP contribution in [0.2, 0.25) is 0 Å². The second-order valence-corrected chi connectivity index (χ2v) is 4.45. The van der Waals surface area contributed by atoms with E-state index < -0.39 is 4.92 Å². The molecular weight excluding hydrogens is 258 g/mol. The van der Waals surface area contributed by atoms with Gasteiger partial charge < -0.3 is 10.3 Å². The first-order valence-electron chi connectivity index (χ1n) is 6.54. The molecule has 0 aromatic carbocycles. The van der Waals surface area contributed by atoms with Crippen LogP contribution in [0.3, 0.4) is 0 Å². The fourth-order valence-corrected chi connectivity index (χ4v) is 2.01. The monoisotopic (exact) mass is 275 g/mol. The quantitative estimate of drug-likeness (QED) is 0.598. The zero-order valence-electron chi connectivity index (χ0n) is 11.2. The Balaban J connectivity index is 1.84. The molecule has 0 fully saturated rings. The first kappa shape index (κ1) is 14.0. The minimum absolute atomic E-state index is 0.00225. The van der Waals surface area contributed by atoms with Crippen molar-refractivity contribution >= 4 is 11.5 Å². The second kappa shape index (κ2) is 6.65. The lowest BCUT2D eigenvalue weighted by Crippen LogP contribution is -2.09. The van der Waals surface area contributed by atoms with Crippen LogP contribution in [0.25, 0.3) is 0 Å². The van der Waals surface area contributed by atoms with Crippen LogP contribution in [-0.4, -0.2) is 26.4 Å². The number of hydrogen-bond donors (Lipinski definition) is 2. The number of imidazole rings is 1. The van der Waals surface area contributed by atoms with Crippen LogP contribution in [0, 0.1) is 10.1 Å². The van der Waals surface area contributed by atoms with Crippen molar-refractivity contribution < 1.29 is 4.92 Å². The highest BCUT2D eigenvalue weighted by Gasteiger charge is 2.11. The van der Waals surface area contributed by atoms with Gasteiger partial charge in [-0.2, -0.15) is 0 Å². The molecule has 0 saturated heterocycles. The minimum Gasteiger partial charge on any atom is -0.370 e. The molecule has 2 N–H and O–H groups in total. The minimum atomic E-state index is -0.458. The number of aromatic amines is 1. The van der Waals surface area contributed by atoms with Crippen molar-refractivity contribution in [1.82, 2.24) is 15.0 Å². The van der Waals surface area contributed by atoms with Crippen molar-refractivity contribution in [3.8, 4) is 0 Å². The van der Waals surface area contributed by atoms with Crippen molar-refractivity contribution in [3.63, 3.8) is 0 Å². The second-order valence-electron chi connectivity index (χ2n) is 4.45. The summed E-state index contributed by atoms with van der Waals surface area (Å²) in [4.78, 5) is 21.5. The largest absolute Gasteiger partial charge is 0.370 e. The molecule has 20 heavy (non-hydrogen) atoms. The number of hydrogen-bond acceptors (Lipinski definition) is 5. The van der Waals surface area contributed by atoms with Crippen LogP contribution in [-0.2, 0) is 0 Å². The van der Waals surface area contributed by atoms with E-state index in [-0.39, 0.29) is 5.69 Å².